The third-order valence-electron chi connectivity index (χ3n) is 3.30. The maximum atomic E-state index is 6.07. The number of ether oxygens (including phenoxy) is 1. The van der Waals surface area contributed by atoms with Crippen molar-refractivity contribution >= 4 is 0 Å². The molecule has 1 aromatic carbocycles. The fraction of sp³-hybridized carbons (Fsp3) is 0.579. The van der Waals surface area contributed by atoms with E-state index in [2.05, 4.69) is 65.8 Å². The highest BCUT2D eigenvalue weighted by Crippen LogP contribution is 2.28. The molecule has 0 aliphatic heterocycles. The number of rotatable bonds is 7. The lowest BCUT2D eigenvalue weighted by molar-refractivity contribution is 0.266. The summed E-state index contributed by atoms with van der Waals surface area (Å²) in [4.78, 5) is 0. The van der Waals surface area contributed by atoms with Crippen molar-refractivity contribution in [2.75, 3.05) is 6.61 Å². The van der Waals surface area contributed by atoms with E-state index in [1.165, 1.54) is 16.7 Å². The fourth-order valence-electron chi connectivity index (χ4n) is 2.43. The topological polar surface area (TPSA) is 9.23 Å². The van der Waals surface area contributed by atoms with Gasteiger partial charge in [-0.05, 0) is 49.7 Å². The van der Waals surface area contributed by atoms with Crippen LogP contribution in [0.1, 0.15) is 50.8 Å². The van der Waals surface area contributed by atoms with Crippen molar-refractivity contribution in [1.29, 1.82) is 0 Å². The van der Waals surface area contributed by atoms with E-state index in [1.54, 1.807) is 0 Å². The summed E-state index contributed by atoms with van der Waals surface area (Å²) in [5.41, 5.74) is 3.92. The minimum Gasteiger partial charge on any atom is -0.493 e. The van der Waals surface area contributed by atoms with E-state index >= 15 is 0 Å². The number of hydrogen-bond acceptors (Lipinski definition) is 1. The Morgan fingerprint density at radius 1 is 1.15 bits per heavy atom. The smallest absolute Gasteiger partial charge is 0.125 e. The summed E-state index contributed by atoms with van der Waals surface area (Å²) < 4.78 is 6.07. The van der Waals surface area contributed by atoms with Crippen LogP contribution in [0.5, 0.6) is 5.75 Å². The van der Waals surface area contributed by atoms with Gasteiger partial charge in [0.2, 0.25) is 0 Å². The Kier molecular flexibility index (Phi) is 6.84. The van der Waals surface area contributed by atoms with Crippen LogP contribution in [-0.4, -0.2) is 6.61 Å². The highest BCUT2D eigenvalue weighted by Gasteiger charge is 2.11. The minimum atomic E-state index is 0.553. The zero-order valence-electron chi connectivity index (χ0n) is 14.0. The van der Waals surface area contributed by atoms with Crippen molar-refractivity contribution in [2.24, 2.45) is 11.8 Å². The summed E-state index contributed by atoms with van der Waals surface area (Å²) in [6, 6.07) is 4.49. The highest BCUT2D eigenvalue weighted by atomic mass is 16.5. The molecular formula is C19H30O. The molecule has 1 rings (SSSR count). The second-order valence-electron chi connectivity index (χ2n) is 6.29. The molecule has 0 N–H and O–H groups in total. The molecular weight excluding hydrogens is 244 g/mol. The number of aryl methyl sites for hydroxylation is 2. The molecule has 0 saturated carbocycles. The Bertz CT molecular complexity index is 443. The van der Waals surface area contributed by atoms with Crippen LogP contribution >= 0.6 is 0 Å². The van der Waals surface area contributed by atoms with E-state index in [1.807, 2.05) is 0 Å². The first-order valence-corrected chi connectivity index (χ1v) is 7.83. The van der Waals surface area contributed by atoms with Gasteiger partial charge in [-0.15, -0.1) is 0 Å². The van der Waals surface area contributed by atoms with E-state index in [-0.39, 0.29) is 0 Å². The van der Waals surface area contributed by atoms with Crippen LogP contribution in [-0.2, 0) is 6.42 Å². The third-order valence-corrected chi connectivity index (χ3v) is 3.30. The van der Waals surface area contributed by atoms with Crippen LogP contribution in [0.15, 0.2) is 24.3 Å². The standard InChI is InChI=1S/C19H30O/c1-7-8-9-15(4)11-18-12-16(5)10-17(6)19(18)20-13-14(2)3/h8-10,12,14-15H,7,11,13H2,1-6H3/b9-8-. The average molecular weight is 274 g/mol. The van der Waals surface area contributed by atoms with E-state index in [0.29, 0.717) is 11.8 Å². The van der Waals surface area contributed by atoms with Crippen molar-refractivity contribution < 1.29 is 4.74 Å². The van der Waals surface area contributed by atoms with E-state index in [9.17, 15) is 0 Å². The Morgan fingerprint density at radius 3 is 2.45 bits per heavy atom. The van der Waals surface area contributed by atoms with E-state index in [4.69, 9.17) is 4.74 Å². The normalized spacial score (nSPS) is 13.2. The Balaban J connectivity index is 2.94. The molecule has 1 heteroatoms. The number of hydrogen-bond donors (Lipinski definition) is 0. The number of benzene rings is 1. The van der Waals surface area contributed by atoms with Gasteiger partial charge in [-0.25, -0.2) is 0 Å². The minimum absolute atomic E-state index is 0.553. The van der Waals surface area contributed by atoms with E-state index < -0.39 is 0 Å². The Hall–Kier alpha value is -1.24. The molecule has 1 unspecified atom stereocenters. The van der Waals surface area contributed by atoms with Gasteiger partial charge in [0.05, 0.1) is 6.61 Å². The van der Waals surface area contributed by atoms with Crippen molar-refractivity contribution in [3.63, 3.8) is 0 Å². The van der Waals surface area contributed by atoms with Crippen LogP contribution in [0.3, 0.4) is 0 Å². The highest BCUT2D eigenvalue weighted by molar-refractivity contribution is 5.44. The van der Waals surface area contributed by atoms with Crippen molar-refractivity contribution in [2.45, 2.75) is 54.4 Å². The molecule has 0 aliphatic rings. The summed E-state index contributed by atoms with van der Waals surface area (Å²) in [5.74, 6) is 2.21. The molecule has 1 atom stereocenters. The molecule has 0 spiro atoms. The summed E-state index contributed by atoms with van der Waals surface area (Å²) >= 11 is 0. The van der Waals surface area contributed by atoms with Crippen LogP contribution in [0.4, 0.5) is 0 Å². The first-order valence-electron chi connectivity index (χ1n) is 7.83. The Labute approximate surface area is 125 Å². The molecule has 0 aromatic heterocycles. The molecule has 0 radical (unpaired) electrons. The van der Waals surface area contributed by atoms with Gasteiger partial charge in [-0.1, -0.05) is 57.5 Å². The van der Waals surface area contributed by atoms with Crippen LogP contribution in [0.2, 0.25) is 0 Å². The maximum absolute atomic E-state index is 6.07. The van der Waals surface area contributed by atoms with E-state index in [0.717, 1.165) is 25.2 Å². The van der Waals surface area contributed by atoms with Crippen LogP contribution < -0.4 is 4.74 Å². The Morgan fingerprint density at radius 2 is 1.85 bits per heavy atom. The lowest BCUT2D eigenvalue weighted by atomic mass is 9.96. The molecule has 112 valence electrons. The summed E-state index contributed by atoms with van der Waals surface area (Å²) in [6.45, 7) is 13.9. The maximum Gasteiger partial charge on any atom is 0.125 e. The fourth-order valence-corrected chi connectivity index (χ4v) is 2.43. The summed E-state index contributed by atoms with van der Waals surface area (Å²) in [6.07, 6.45) is 6.71. The molecule has 0 amide bonds. The lowest BCUT2D eigenvalue weighted by Gasteiger charge is -2.18. The summed E-state index contributed by atoms with van der Waals surface area (Å²) in [7, 11) is 0. The van der Waals surface area contributed by atoms with Gasteiger partial charge in [-0.2, -0.15) is 0 Å². The average Bonchev–Trinajstić information content (AvgIpc) is 2.34. The SMILES string of the molecule is CC/C=C\C(C)Cc1cc(C)cc(C)c1OCC(C)C. The molecule has 0 heterocycles. The van der Waals surface area contributed by atoms with Gasteiger partial charge in [0.1, 0.15) is 5.75 Å². The number of allylic oxidation sites excluding steroid dienone is 2. The third kappa shape index (κ3) is 5.40. The second kappa shape index (κ2) is 8.14. The molecule has 20 heavy (non-hydrogen) atoms. The first-order chi connectivity index (χ1) is 9.43. The van der Waals surface area contributed by atoms with Crippen molar-refractivity contribution in [3.05, 3.63) is 41.0 Å². The van der Waals surface area contributed by atoms with Gasteiger partial charge in [0.15, 0.2) is 0 Å². The second-order valence-corrected chi connectivity index (χ2v) is 6.29. The summed E-state index contributed by atoms with van der Waals surface area (Å²) in [5, 5.41) is 0. The molecule has 0 aliphatic carbocycles. The van der Waals surface area contributed by atoms with Crippen LogP contribution in [0, 0.1) is 25.7 Å². The molecule has 0 saturated heterocycles. The molecule has 0 fully saturated rings. The van der Waals surface area contributed by atoms with Crippen LogP contribution in [0.25, 0.3) is 0 Å². The molecule has 1 aromatic rings. The quantitative estimate of drug-likeness (QED) is 0.598. The lowest BCUT2D eigenvalue weighted by Crippen LogP contribution is -2.09. The van der Waals surface area contributed by atoms with Crippen molar-refractivity contribution in [1.82, 2.24) is 0 Å². The molecule has 1 nitrogen and oxygen atoms in total. The predicted molar refractivity (Wildman–Crippen MR) is 88.5 cm³/mol. The zero-order chi connectivity index (χ0) is 15.1. The van der Waals surface area contributed by atoms with Gasteiger partial charge >= 0.3 is 0 Å². The predicted octanol–water partition coefficient (Wildman–Crippen LogP) is 5.48. The van der Waals surface area contributed by atoms with Crippen molar-refractivity contribution in [3.8, 4) is 5.75 Å². The molecule has 0 bridgehead atoms. The van der Waals surface area contributed by atoms with Gasteiger partial charge in [0.25, 0.3) is 0 Å². The monoisotopic (exact) mass is 274 g/mol. The van der Waals surface area contributed by atoms with Gasteiger partial charge in [-0.3, -0.25) is 0 Å². The zero-order valence-corrected chi connectivity index (χ0v) is 14.0. The largest absolute Gasteiger partial charge is 0.493 e. The van der Waals surface area contributed by atoms with Gasteiger partial charge < -0.3 is 4.74 Å². The van der Waals surface area contributed by atoms with Gasteiger partial charge in [0, 0.05) is 0 Å². The first kappa shape index (κ1) is 16.8.